The fourth-order valence-electron chi connectivity index (χ4n) is 2.95. The van der Waals surface area contributed by atoms with Gasteiger partial charge < -0.3 is 4.90 Å². The molecule has 0 N–H and O–H groups in total. The predicted molar refractivity (Wildman–Crippen MR) is 91.4 cm³/mol. The number of hydrogen-bond acceptors (Lipinski definition) is 2. The van der Waals surface area contributed by atoms with E-state index in [1.807, 2.05) is 30.5 Å². The van der Waals surface area contributed by atoms with Crippen LogP contribution in [0.5, 0.6) is 0 Å². The zero-order valence-electron chi connectivity index (χ0n) is 14.1. The summed E-state index contributed by atoms with van der Waals surface area (Å²) in [6.45, 7) is 4.55. The molecule has 0 aliphatic heterocycles. The zero-order valence-corrected chi connectivity index (χ0v) is 14.9. The number of hydrogen-bond donors (Lipinski definition) is 0. The van der Waals surface area contributed by atoms with Crippen molar-refractivity contribution in [2.45, 2.75) is 45.7 Å². The van der Waals surface area contributed by atoms with Crippen LogP contribution in [0.3, 0.4) is 0 Å². The van der Waals surface area contributed by atoms with Crippen LogP contribution < -0.4 is 0 Å². The van der Waals surface area contributed by atoms with E-state index in [9.17, 15) is 9.18 Å². The SMILES string of the molecule is Cc1nn(C)c(C)c1CN(C(=O)Cc1ccc(F)cc1Cl)C1CC1. The molecular formula is C18H21ClFN3O. The van der Waals surface area contributed by atoms with Gasteiger partial charge in [0, 0.05) is 35.9 Å². The number of aryl methyl sites for hydroxylation is 2. The van der Waals surface area contributed by atoms with Crippen LogP contribution in [0.1, 0.15) is 35.4 Å². The summed E-state index contributed by atoms with van der Waals surface area (Å²) in [4.78, 5) is 14.7. The maximum absolute atomic E-state index is 13.2. The first-order valence-corrected chi connectivity index (χ1v) is 8.47. The van der Waals surface area contributed by atoms with E-state index in [-0.39, 0.29) is 18.4 Å². The fourth-order valence-corrected chi connectivity index (χ4v) is 3.19. The molecular weight excluding hydrogens is 329 g/mol. The number of amides is 1. The predicted octanol–water partition coefficient (Wildman–Crippen LogP) is 3.56. The van der Waals surface area contributed by atoms with Crippen LogP contribution in [0, 0.1) is 19.7 Å². The molecule has 0 unspecified atom stereocenters. The lowest BCUT2D eigenvalue weighted by Crippen LogP contribution is -2.34. The Hall–Kier alpha value is -1.88. The minimum atomic E-state index is -0.392. The van der Waals surface area contributed by atoms with Gasteiger partial charge in [0.15, 0.2) is 0 Å². The Labute approximate surface area is 146 Å². The molecule has 1 aliphatic carbocycles. The van der Waals surface area contributed by atoms with Gasteiger partial charge in [0.05, 0.1) is 12.1 Å². The first-order valence-electron chi connectivity index (χ1n) is 8.09. The minimum absolute atomic E-state index is 0.0219. The second-order valence-corrected chi connectivity index (χ2v) is 6.85. The van der Waals surface area contributed by atoms with Gasteiger partial charge in [-0.1, -0.05) is 17.7 Å². The number of aromatic nitrogens is 2. The van der Waals surface area contributed by atoms with E-state index in [1.165, 1.54) is 12.1 Å². The Balaban J connectivity index is 1.79. The summed E-state index contributed by atoms with van der Waals surface area (Å²) < 4.78 is 15.0. The molecule has 1 heterocycles. The van der Waals surface area contributed by atoms with Crippen molar-refractivity contribution < 1.29 is 9.18 Å². The summed E-state index contributed by atoms with van der Waals surface area (Å²) in [5.74, 6) is -0.370. The standard InChI is InChI=1S/C18H21ClFN3O/c1-11-16(12(2)22(3)21-11)10-23(15-6-7-15)18(24)8-13-4-5-14(20)9-17(13)19/h4-5,9,15H,6-8,10H2,1-3H3. The molecule has 1 saturated carbocycles. The summed E-state index contributed by atoms with van der Waals surface area (Å²) in [7, 11) is 1.91. The molecule has 1 fully saturated rings. The molecule has 1 aromatic carbocycles. The summed E-state index contributed by atoms with van der Waals surface area (Å²) in [6, 6.07) is 4.46. The summed E-state index contributed by atoms with van der Waals surface area (Å²) in [5, 5.41) is 4.73. The van der Waals surface area contributed by atoms with Gasteiger partial charge in [-0.05, 0) is 44.4 Å². The Morgan fingerprint density at radius 3 is 2.67 bits per heavy atom. The third kappa shape index (κ3) is 3.46. The van der Waals surface area contributed by atoms with E-state index in [4.69, 9.17) is 11.6 Å². The number of halogens is 2. The van der Waals surface area contributed by atoms with Gasteiger partial charge in [-0.25, -0.2) is 4.39 Å². The Bertz CT molecular complexity index is 783. The van der Waals surface area contributed by atoms with Crippen LogP contribution >= 0.6 is 11.6 Å². The largest absolute Gasteiger partial charge is 0.335 e. The molecule has 1 aromatic heterocycles. The highest BCUT2D eigenvalue weighted by atomic mass is 35.5. The van der Waals surface area contributed by atoms with Crippen LogP contribution in [-0.4, -0.2) is 26.6 Å². The van der Waals surface area contributed by atoms with E-state index in [1.54, 1.807) is 6.07 Å². The summed E-state index contributed by atoms with van der Waals surface area (Å²) in [6.07, 6.45) is 2.25. The van der Waals surface area contributed by atoms with Crippen molar-refractivity contribution in [2.24, 2.45) is 7.05 Å². The molecule has 0 saturated heterocycles. The zero-order chi connectivity index (χ0) is 17.4. The molecule has 24 heavy (non-hydrogen) atoms. The van der Waals surface area contributed by atoms with Gasteiger partial charge in [-0.2, -0.15) is 5.10 Å². The third-order valence-corrected chi connectivity index (χ3v) is 5.00. The smallest absolute Gasteiger partial charge is 0.227 e. The van der Waals surface area contributed by atoms with Gasteiger partial charge in [0.2, 0.25) is 5.91 Å². The van der Waals surface area contributed by atoms with Crippen molar-refractivity contribution in [1.82, 2.24) is 14.7 Å². The van der Waals surface area contributed by atoms with E-state index >= 15 is 0 Å². The molecule has 1 amide bonds. The number of benzene rings is 1. The molecule has 1 aliphatic rings. The molecule has 6 heteroatoms. The maximum atomic E-state index is 13.2. The van der Waals surface area contributed by atoms with Crippen LogP contribution in [0.4, 0.5) is 4.39 Å². The van der Waals surface area contributed by atoms with Crippen LogP contribution in [0.15, 0.2) is 18.2 Å². The van der Waals surface area contributed by atoms with Crippen molar-refractivity contribution in [1.29, 1.82) is 0 Å². The van der Waals surface area contributed by atoms with Gasteiger partial charge in [-0.15, -0.1) is 0 Å². The van der Waals surface area contributed by atoms with E-state index < -0.39 is 5.82 Å². The van der Waals surface area contributed by atoms with Crippen molar-refractivity contribution in [3.05, 3.63) is 51.6 Å². The van der Waals surface area contributed by atoms with Gasteiger partial charge in [0.1, 0.15) is 5.82 Å². The second kappa shape index (κ2) is 6.55. The quantitative estimate of drug-likeness (QED) is 0.827. The average molecular weight is 350 g/mol. The summed E-state index contributed by atoms with van der Waals surface area (Å²) >= 11 is 6.06. The molecule has 4 nitrogen and oxygen atoms in total. The first-order chi connectivity index (χ1) is 11.4. The lowest BCUT2D eigenvalue weighted by atomic mass is 10.1. The minimum Gasteiger partial charge on any atom is -0.335 e. The monoisotopic (exact) mass is 349 g/mol. The Morgan fingerprint density at radius 2 is 2.12 bits per heavy atom. The Morgan fingerprint density at radius 1 is 1.42 bits per heavy atom. The van der Waals surface area contributed by atoms with Gasteiger partial charge in [-0.3, -0.25) is 9.48 Å². The number of carbonyl (C=O) groups is 1. The first kappa shape index (κ1) is 17.0. The highest BCUT2D eigenvalue weighted by molar-refractivity contribution is 6.31. The van der Waals surface area contributed by atoms with Crippen LogP contribution in [0.2, 0.25) is 5.02 Å². The highest BCUT2D eigenvalue weighted by Gasteiger charge is 2.33. The van der Waals surface area contributed by atoms with Crippen molar-refractivity contribution in [3.63, 3.8) is 0 Å². The lowest BCUT2D eigenvalue weighted by molar-refractivity contribution is -0.131. The topological polar surface area (TPSA) is 38.1 Å². The second-order valence-electron chi connectivity index (χ2n) is 6.44. The van der Waals surface area contributed by atoms with Crippen molar-refractivity contribution >= 4 is 17.5 Å². The van der Waals surface area contributed by atoms with Crippen molar-refractivity contribution in [3.8, 4) is 0 Å². The molecule has 0 atom stereocenters. The fraction of sp³-hybridized carbons (Fsp3) is 0.444. The normalized spacial score (nSPS) is 14.0. The maximum Gasteiger partial charge on any atom is 0.227 e. The van der Waals surface area contributed by atoms with Crippen LogP contribution in [-0.2, 0) is 24.8 Å². The third-order valence-electron chi connectivity index (χ3n) is 4.65. The highest BCUT2D eigenvalue weighted by Crippen LogP contribution is 2.31. The van der Waals surface area contributed by atoms with E-state index in [0.717, 1.165) is 29.8 Å². The van der Waals surface area contributed by atoms with E-state index in [2.05, 4.69) is 5.10 Å². The molecule has 0 bridgehead atoms. The number of rotatable bonds is 5. The van der Waals surface area contributed by atoms with Crippen LogP contribution in [0.25, 0.3) is 0 Å². The Kier molecular flexibility index (Phi) is 4.63. The van der Waals surface area contributed by atoms with Crippen molar-refractivity contribution in [2.75, 3.05) is 0 Å². The molecule has 2 aromatic rings. The number of nitrogens with zero attached hydrogens (tertiary/aromatic N) is 3. The lowest BCUT2D eigenvalue weighted by Gasteiger charge is -2.23. The number of carbonyl (C=O) groups excluding carboxylic acids is 1. The van der Waals surface area contributed by atoms with Gasteiger partial charge in [0.25, 0.3) is 0 Å². The average Bonchev–Trinajstić information content (AvgIpc) is 3.31. The molecule has 0 radical (unpaired) electrons. The van der Waals surface area contributed by atoms with Gasteiger partial charge >= 0.3 is 0 Å². The molecule has 128 valence electrons. The molecule has 0 spiro atoms. The van der Waals surface area contributed by atoms with E-state index in [0.29, 0.717) is 17.1 Å². The molecule has 3 rings (SSSR count). The summed E-state index contributed by atoms with van der Waals surface area (Å²) in [5.41, 5.74) is 3.79.